The van der Waals surface area contributed by atoms with Crippen LogP contribution in [-0.4, -0.2) is 28.7 Å². The molecule has 0 radical (unpaired) electrons. The van der Waals surface area contributed by atoms with Gasteiger partial charge in [-0.05, 0) is 68.7 Å². The first-order valence-corrected chi connectivity index (χ1v) is 8.90. The summed E-state index contributed by atoms with van der Waals surface area (Å²) in [5.41, 5.74) is 3.90. The Hall–Kier alpha value is -2.95. The van der Waals surface area contributed by atoms with Crippen LogP contribution in [0.4, 0.5) is 5.82 Å². The lowest BCUT2D eigenvalue weighted by molar-refractivity contribution is 0.0956. The molecule has 0 spiro atoms. The molecule has 0 fully saturated rings. The van der Waals surface area contributed by atoms with Gasteiger partial charge in [0.05, 0.1) is 6.20 Å². The summed E-state index contributed by atoms with van der Waals surface area (Å²) in [6.45, 7) is 8.73. The van der Waals surface area contributed by atoms with Crippen LogP contribution in [0.3, 0.4) is 0 Å². The molecular weight excluding hydrogens is 324 g/mol. The first-order valence-electron chi connectivity index (χ1n) is 8.90. The lowest BCUT2D eigenvalue weighted by Crippen LogP contribution is -2.22. The molecule has 0 unspecified atom stereocenters. The van der Waals surface area contributed by atoms with Gasteiger partial charge in [0.1, 0.15) is 0 Å². The van der Waals surface area contributed by atoms with Gasteiger partial charge in [0.2, 0.25) is 0 Å². The Bertz CT molecular complexity index is 950. The van der Waals surface area contributed by atoms with E-state index in [1.54, 1.807) is 6.20 Å². The van der Waals surface area contributed by atoms with E-state index in [-0.39, 0.29) is 11.9 Å². The highest BCUT2D eigenvalue weighted by Crippen LogP contribution is 2.30. The van der Waals surface area contributed by atoms with Crippen LogP contribution < -0.4 is 10.6 Å². The molecule has 0 atom stereocenters. The second-order valence-corrected chi connectivity index (χ2v) is 6.68. The fourth-order valence-corrected chi connectivity index (χ4v) is 2.97. The number of benzene rings is 2. The first kappa shape index (κ1) is 17.9. The molecule has 26 heavy (non-hydrogen) atoms. The predicted octanol–water partition coefficient (Wildman–Crippen LogP) is 4.18. The molecule has 3 aromatic rings. The zero-order valence-corrected chi connectivity index (χ0v) is 15.6. The van der Waals surface area contributed by atoms with E-state index in [0.717, 1.165) is 33.3 Å². The largest absolute Gasteiger partial charge is 0.366 e. The van der Waals surface area contributed by atoms with Crippen molar-refractivity contribution in [2.75, 3.05) is 11.9 Å². The summed E-state index contributed by atoms with van der Waals surface area (Å²) in [5, 5.41) is 16.6. The van der Waals surface area contributed by atoms with Gasteiger partial charge >= 0.3 is 0 Å². The molecule has 0 aliphatic carbocycles. The average Bonchev–Trinajstić information content (AvgIpc) is 2.61. The number of nitrogens with one attached hydrogen (secondary N) is 2. The monoisotopic (exact) mass is 348 g/mol. The van der Waals surface area contributed by atoms with Gasteiger partial charge in [0, 0.05) is 28.9 Å². The molecule has 5 heteroatoms. The number of aromatic nitrogens is 2. The quantitative estimate of drug-likeness (QED) is 0.726. The predicted molar refractivity (Wildman–Crippen MR) is 106 cm³/mol. The van der Waals surface area contributed by atoms with Gasteiger partial charge in [-0.25, -0.2) is 0 Å². The molecule has 3 rings (SSSR count). The van der Waals surface area contributed by atoms with Crippen molar-refractivity contribution in [3.05, 3.63) is 53.7 Å². The fourth-order valence-electron chi connectivity index (χ4n) is 2.97. The van der Waals surface area contributed by atoms with Crippen LogP contribution in [-0.2, 0) is 0 Å². The molecule has 5 nitrogen and oxygen atoms in total. The molecule has 1 heterocycles. The second-order valence-electron chi connectivity index (χ2n) is 6.68. The van der Waals surface area contributed by atoms with Gasteiger partial charge in [-0.15, -0.1) is 5.10 Å². The van der Waals surface area contributed by atoms with Gasteiger partial charge in [-0.2, -0.15) is 5.10 Å². The maximum atomic E-state index is 12.2. The molecular formula is C21H24N4O. The third kappa shape index (κ3) is 3.67. The number of nitrogens with zero attached hydrogens (tertiary/aromatic N) is 2. The Morgan fingerprint density at radius 3 is 2.69 bits per heavy atom. The molecule has 0 aliphatic rings. The Kier molecular flexibility index (Phi) is 5.16. The van der Waals surface area contributed by atoms with Gasteiger partial charge in [0.25, 0.3) is 5.91 Å². The van der Waals surface area contributed by atoms with E-state index >= 15 is 0 Å². The number of fused-ring (bicyclic) bond motifs is 1. The maximum Gasteiger partial charge on any atom is 0.251 e. The number of aryl methyl sites for hydroxylation is 1. The molecule has 0 saturated carbocycles. The van der Waals surface area contributed by atoms with E-state index in [0.29, 0.717) is 12.1 Å². The zero-order valence-electron chi connectivity index (χ0n) is 15.6. The highest BCUT2D eigenvalue weighted by molar-refractivity contribution is 5.97. The minimum atomic E-state index is -0.0520. The van der Waals surface area contributed by atoms with E-state index < -0.39 is 0 Å². The van der Waals surface area contributed by atoms with Crippen molar-refractivity contribution in [2.24, 2.45) is 0 Å². The van der Waals surface area contributed by atoms with Crippen LogP contribution in [0.1, 0.15) is 36.7 Å². The number of rotatable bonds is 5. The van der Waals surface area contributed by atoms with E-state index in [9.17, 15) is 4.79 Å². The molecule has 2 aromatic carbocycles. The zero-order chi connectivity index (χ0) is 18.7. The van der Waals surface area contributed by atoms with E-state index in [2.05, 4.69) is 59.8 Å². The van der Waals surface area contributed by atoms with Crippen molar-refractivity contribution >= 4 is 22.5 Å². The molecule has 1 aromatic heterocycles. The number of hydrogen-bond donors (Lipinski definition) is 2. The summed E-state index contributed by atoms with van der Waals surface area (Å²) < 4.78 is 0. The van der Waals surface area contributed by atoms with E-state index in [1.807, 2.05) is 25.1 Å². The van der Waals surface area contributed by atoms with Crippen LogP contribution in [0.5, 0.6) is 0 Å². The number of hydrogen-bond acceptors (Lipinski definition) is 4. The molecule has 134 valence electrons. The van der Waals surface area contributed by atoms with Gasteiger partial charge in [-0.1, -0.05) is 12.1 Å². The Labute approximate surface area is 153 Å². The summed E-state index contributed by atoms with van der Waals surface area (Å²) in [4.78, 5) is 12.2. The Balaban J connectivity index is 2.06. The topological polar surface area (TPSA) is 66.9 Å². The van der Waals surface area contributed by atoms with Crippen molar-refractivity contribution in [3.63, 3.8) is 0 Å². The van der Waals surface area contributed by atoms with Gasteiger partial charge in [-0.3, -0.25) is 4.79 Å². The molecule has 2 N–H and O–H groups in total. The smallest absolute Gasteiger partial charge is 0.251 e. The number of carbonyl (C=O) groups excluding carboxylic acids is 1. The lowest BCUT2D eigenvalue weighted by atomic mass is 9.96. The summed E-state index contributed by atoms with van der Waals surface area (Å²) in [6, 6.07) is 12.3. The minimum absolute atomic E-state index is 0.0520. The van der Waals surface area contributed by atoms with Gasteiger partial charge < -0.3 is 10.6 Å². The minimum Gasteiger partial charge on any atom is -0.366 e. The van der Waals surface area contributed by atoms with Crippen LogP contribution >= 0.6 is 0 Å². The normalized spacial score (nSPS) is 11.0. The van der Waals surface area contributed by atoms with Crippen molar-refractivity contribution in [3.8, 4) is 11.1 Å². The second kappa shape index (κ2) is 7.52. The van der Waals surface area contributed by atoms with Crippen LogP contribution in [0.25, 0.3) is 21.9 Å². The Morgan fingerprint density at radius 1 is 1.15 bits per heavy atom. The van der Waals surface area contributed by atoms with E-state index in [4.69, 9.17) is 0 Å². The first-order chi connectivity index (χ1) is 12.5. The van der Waals surface area contributed by atoms with Crippen molar-refractivity contribution in [1.29, 1.82) is 0 Å². The highest BCUT2D eigenvalue weighted by Gasteiger charge is 2.11. The molecule has 1 amide bonds. The SMILES string of the molecule is CCNC(=O)c1ccc(C)c(-c2ccc3c(NC(C)C)nncc3c2)c1. The third-order valence-electron chi connectivity index (χ3n) is 4.23. The van der Waals surface area contributed by atoms with Crippen LogP contribution in [0, 0.1) is 6.92 Å². The molecule has 0 saturated heterocycles. The summed E-state index contributed by atoms with van der Waals surface area (Å²) >= 11 is 0. The standard InChI is InChI=1S/C21H24N4O/c1-5-22-21(26)16-7-6-14(4)19(11-16)15-8-9-18-17(10-15)12-23-25-20(18)24-13(2)3/h6-13H,5H2,1-4H3,(H,22,26)(H,24,25). The summed E-state index contributed by atoms with van der Waals surface area (Å²) in [6.07, 6.45) is 1.77. The van der Waals surface area contributed by atoms with Crippen LogP contribution in [0.2, 0.25) is 0 Å². The van der Waals surface area contributed by atoms with Gasteiger partial charge in [0.15, 0.2) is 5.82 Å². The van der Waals surface area contributed by atoms with Crippen molar-refractivity contribution in [1.82, 2.24) is 15.5 Å². The summed E-state index contributed by atoms with van der Waals surface area (Å²) in [7, 11) is 0. The molecule has 0 aliphatic heterocycles. The average molecular weight is 348 g/mol. The highest BCUT2D eigenvalue weighted by atomic mass is 16.1. The summed E-state index contributed by atoms with van der Waals surface area (Å²) in [5.74, 6) is 0.737. The Morgan fingerprint density at radius 2 is 1.96 bits per heavy atom. The lowest BCUT2D eigenvalue weighted by Gasteiger charge is -2.13. The molecule has 0 bridgehead atoms. The van der Waals surface area contributed by atoms with Crippen molar-refractivity contribution < 1.29 is 4.79 Å². The van der Waals surface area contributed by atoms with E-state index in [1.165, 1.54) is 0 Å². The fraction of sp³-hybridized carbons (Fsp3) is 0.286. The number of amides is 1. The number of anilines is 1. The third-order valence-corrected chi connectivity index (χ3v) is 4.23. The number of carbonyl (C=O) groups is 1. The maximum absolute atomic E-state index is 12.2. The van der Waals surface area contributed by atoms with Crippen molar-refractivity contribution in [2.45, 2.75) is 33.7 Å². The van der Waals surface area contributed by atoms with Crippen LogP contribution in [0.15, 0.2) is 42.6 Å².